The molecule has 1 heterocycles. The summed E-state index contributed by atoms with van der Waals surface area (Å²) in [4.78, 5) is 22.8. The number of benzene rings is 1. The Balaban J connectivity index is 2.75. The number of carboxylic acid groups (broad SMARTS) is 1. The molecule has 0 radical (unpaired) electrons. The van der Waals surface area contributed by atoms with Crippen LogP contribution in [0.1, 0.15) is 21.5 Å². The van der Waals surface area contributed by atoms with Crippen molar-refractivity contribution in [1.29, 1.82) is 0 Å². The van der Waals surface area contributed by atoms with Gasteiger partial charge in [0.25, 0.3) is 5.56 Å². The summed E-state index contributed by atoms with van der Waals surface area (Å²) in [5.74, 6) is -1.05. The normalized spacial score (nSPS) is 10.3. The smallest absolute Gasteiger partial charge is 0.337 e. The molecule has 0 fully saturated rings. The number of hydrogen-bond acceptors (Lipinski definition) is 2. The van der Waals surface area contributed by atoms with E-state index in [1.807, 2.05) is 32.0 Å². The van der Waals surface area contributed by atoms with Crippen LogP contribution in [0.5, 0.6) is 0 Å². The van der Waals surface area contributed by atoms with Gasteiger partial charge in [0, 0.05) is 12.3 Å². The summed E-state index contributed by atoms with van der Waals surface area (Å²) in [5.41, 5.74) is 2.46. The van der Waals surface area contributed by atoms with E-state index in [0.29, 0.717) is 0 Å². The van der Waals surface area contributed by atoms with Crippen LogP contribution in [-0.4, -0.2) is 15.6 Å². The van der Waals surface area contributed by atoms with Crippen molar-refractivity contribution in [2.24, 2.45) is 0 Å². The number of aromatic nitrogens is 1. The fourth-order valence-corrected chi connectivity index (χ4v) is 1.97. The number of hydrogen-bond donors (Lipinski definition) is 1. The van der Waals surface area contributed by atoms with Gasteiger partial charge in [-0.05, 0) is 31.0 Å². The highest BCUT2D eigenvalue weighted by Gasteiger charge is 2.10. The minimum atomic E-state index is -1.05. The summed E-state index contributed by atoms with van der Waals surface area (Å²) in [6.07, 6.45) is 1.36. The quantitative estimate of drug-likeness (QED) is 0.879. The summed E-state index contributed by atoms with van der Waals surface area (Å²) in [5, 5.41) is 8.97. The Morgan fingerprint density at radius 3 is 2.28 bits per heavy atom. The molecule has 1 aromatic carbocycles. The Bertz CT molecular complexity index is 651. The second-order valence-corrected chi connectivity index (χ2v) is 4.17. The molecule has 0 amide bonds. The van der Waals surface area contributed by atoms with Crippen LogP contribution in [0.15, 0.2) is 41.3 Å². The number of aryl methyl sites for hydroxylation is 2. The van der Waals surface area contributed by atoms with Gasteiger partial charge in [-0.15, -0.1) is 0 Å². The molecule has 0 spiro atoms. The highest BCUT2D eigenvalue weighted by Crippen LogP contribution is 2.17. The SMILES string of the molecule is Cc1cccc(C)c1-n1cc(C(=O)O)ccc1=O. The summed E-state index contributed by atoms with van der Waals surface area (Å²) in [6, 6.07) is 8.27. The molecule has 0 aliphatic carbocycles. The van der Waals surface area contributed by atoms with Crippen LogP contribution >= 0.6 is 0 Å². The van der Waals surface area contributed by atoms with Crippen molar-refractivity contribution in [1.82, 2.24) is 4.57 Å². The average molecular weight is 243 g/mol. The van der Waals surface area contributed by atoms with Crippen LogP contribution in [0.2, 0.25) is 0 Å². The van der Waals surface area contributed by atoms with Crippen molar-refractivity contribution in [3.05, 3.63) is 63.6 Å². The molecule has 4 heteroatoms. The summed E-state index contributed by atoms with van der Waals surface area (Å²) in [6.45, 7) is 3.78. The number of nitrogens with zero attached hydrogens (tertiary/aromatic N) is 1. The molecule has 1 aromatic heterocycles. The molecule has 2 rings (SSSR count). The lowest BCUT2D eigenvalue weighted by molar-refractivity contribution is 0.0696. The highest BCUT2D eigenvalue weighted by molar-refractivity contribution is 5.87. The summed E-state index contributed by atoms with van der Waals surface area (Å²) in [7, 11) is 0. The van der Waals surface area contributed by atoms with Crippen LogP contribution in [0.4, 0.5) is 0 Å². The van der Waals surface area contributed by atoms with Gasteiger partial charge in [-0.2, -0.15) is 0 Å². The van der Waals surface area contributed by atoms with Crippen LogP contribution in [0.25, 0.3) is 5.69 Å². The monoisotopic (exact) mass is 243 g/mol. The highest BCUT2D eigenvalue weighted by atomic mass is 16.4. The Morgan fingerprint density at radius 2 is 1.72 bits per heavy atom. The van der Waals surface area contributed by atoms with E-state index in [1.54, 1.807) is 0 Å². The average Bonchev–Trinajstić information content (AvgIpc) is 2.30. The second kappa shape index (κ2) is 4.49. The van der Waals surface area contributed by atoms with E-state index in [2.05, 4.69) is 0 Å². The van der Waals surface area contributed by atoms with Crippen LogP contribution in [-0.2, 0) is 0 Å². The zero-order valence-corrected chi connectivity index (χ0v) is 10.2. The number of carbonyl (C=O) groups is 1. The first-order valence-electron chi connectivity index (χ1n) is 5.53. The largest absolute Gasteiger partial charge is 0.478 e. The molecular weight excluding hydrogens is 230 g/mol. The first-order chi connectivity index (χ1) is 8.50. The van der Waals surface area contributed by atoms with Gasteiger partial charge in [-0.3, -0.25) is 9.36 Å². The topological polar surface area (TPSA) is 59.3 Å². The molecule has 2 aromatic rings. The lowest BCUT2D eigenvalue weighted by Gasteiger charge is -2.12. The second-order valence-electron chi connectivity index (χ2n) is 4.17. The molecule has 0 unspecified atom stereocenters. The fraction of sp³-hybridized carbons (Fsp3) is 0.143. The standard InChI is InChI=1S/C14H13NO3/c1-9-4-3-5-10(2)13(9)15-8-11(14(17)18)6-7-12(15)16/h3-8H,1-2H3,(H,17,18). The molecule has 0 bridgehead atoms. The molecule has 18 heavy (non-hydrogen) atoms. The van der Waals surface area contributed by atoms with E-state index >= 15 is 0 Å². The van der Waals surface area contributed by atoms with Gasteiger partial charge in [0.15, 0.2) is 0 Å². The van der Waals surface area contributed by atoms with E-state index in [-0.39, 0.29) is 11.1 Å². The number of pyridine rings is 1. The molecule has 0 atom stereocenters. The first kappa shape index (κ1) is 12.1. The Hall–Kier alpha value is -2.36. The van der Waals surface area contributed by atoms with Gasteiger partial charge in [-0.25, -0.2) is 4.79 Å². The number of rotatable bonds is 2. The van der Waals surface area contributed by atoms with Gasteiger partial charge in [0.05, 0.1) is 11.3 Å². The van der Waals surface area contributed by atoms with Crippen LogP contribution in [0.3, 0.4) is 0 Å². The van der Waals surface area contributed by atoms with Crippen LogP contribution < -0.4 is 5.56 Å². The third-order valence-corrected chi connectivity index (χ3v) is 2.84. The van der Waals surface area contributed by atoms with Crippen molar-refractivity contribution in [3.8, 4) is 5.69 Å². The van der Waals surface area contributed by atoms with Crippen LogP contribution in [0, 0.1) is 13.8 Å². The molecule has 0 aliphatic rings. The molecule has 0 saturated carbocycles. The lowest BCUT2D eigenvalue weighted by Crippen LogP contribution is -2.20. The summed E-state index contributed by atoms with van der Waals surface area (Å²) >= 11 is 0. The third kappa shape index (κ3) is 2.05. The minimum Gasteiger partial charge on any atom is -0.478 e. The lowest BCUT2D eigenvalue weighted by atomic mass is 10.1. The van der Waals surface area contributed by atoms with Gasteiger partial charge >= 0.3 is 5.97 Å². The van der Waals surface area contributed by atoms with Gasteiger partial charge < -0.3 is 5.11 Å². The van der Waals surface area contributed by atoms with Crippen molar-refractivity contribution in [3.63, 3.8) is 0 Å². The van der Waals surface area contributed by atoms with E-state index in [4.69, 9.17) is 5.11 Å². The van der Waals surface area contributed by atoms with Crippen molar-refractivity contribution < 1.29 is 9.90 Å². The predicted octanol–water partition coefficient (Wildman–Crippen LogP) is 2.15. The zero-order valence-electron chi connectivity index (χ0n) is 10.2. The van der Waals surface area contributed by atoms with E-state index in [0.717, 1.165) is 16.8 Å². The predicted molar refractivity (Wildman–Crippen MR) is 68.5 cm³/mol. The molecule has 1 N–H and O–H groups in total. The fourth-order valence-electron chi connectivity index (χ4n) is 1.97. The van der Waals surface area contributed by atoms with E-state index in [9.17, 15) is 9.59 Å². The number of carboxylic acids is 1. The van der Waals surface area contributed by atoms with Gasteiger partial charge in [-0.1, -0.05) is 18.2 Å². The molecule has 0 aliphatic heterocycles. The van der Waals surface area contributed by atoms with E-state index < -0.39 is 5.97 Å². The minimum absolute atomic E-state index is 0.0947. The van der Waals surface area contributed by atoms with E-state index in [1.165, 1.54) is 22.9 Å². The molecule has 0 saturated heterocycles. The summed E-state index contributed by atoms with van der Waals surface area (Å²) < 4.78 is 1.38. The first-order valence-corrected chi connectivity index (χ1v) is 5.53. The maximum absolute atomic E-state index is 11.9. The maximum atomic E-state index is 11.9. The van der Waals surface area contributed by atoms with Gasteiger partial charge in [0.1, 0.15) is 0 Å². The van der Waals surface area contributed by atoms with Crippen molar-refractivity contribution in [2.45, 2.75) is 13.8 Å². The van der Waals surface area contributed by atoms with Crippen molar-refractivity contribution >= 4 is 5.97 Å². The maximum Gasteiger partial charge on any atom is 0.337 e. The van der Waals surface area contributed by atoms with Crippen molar-refractivity contribution in [2.75, 3.05) is 0 Å². The Morgan fingerprint density at radius 1 is 1.11 bits per heavy atom. The molecular formula is C14H13NO3. The Kier molecular flexibility index (Phi) is 3.02. The van der Waals surface area contributed by atoms with Gasteiger partial charge in [0.2, 0.25) is 0 Å². The number of para-hydroxylation sites is 1. The molecule has 92 valence electrons. The molecule has 4 nitrogen and oxygen atoms in total. The zero-order chi connectivity index (χ0) is 13.3. The third-order valence-electron chi connectivity index (χ3n) is 2.84. The Labute approximate surface area is 104 Å². The number of aromatic carboxylic acids is 1.